The Balaban J connectivity index is 2.20. The Morgan fingerprint density at radius 3 is 3.00 bits per heavy atom. The fourth-order valence-corrected chi connectivity index (χ4v) is 3.18. The van der Waals surface area contributed by atoms with Crippen LogP contribution < -0.4 is 11.1 Å². The Morgan fingerprint density at radius 2 is 2.35 bits per heavy atom. The molecule has 0 aromatic carbocycles. The van der Waals surface area contributed by atoms with E-state index in [-0.39, 0.29) is 18.1 Å². The monoisotopic (exact) mass is 298 g/mol. The van der Waals surface area contributed by atoms with E-state index in [1.165, 1.54) is 11.3 Å². The van der Waals surface area contributed by atoms with E-state index in [0.29, 0.717) is 29.0 Å². The van der Waals surface area contributed by atoms with E-state index in [1.807, 2.05) is 18.7 Å². The second kappa shape index (κ2) is 6.41. The summed E-state index contributed by atoms with van der Waals surface area (Å²) in [4.78, 5) is 19.3. The summed E-state index contributed by atoms with van der Waals surface area (Å²) in [5.41, 5.74) is 5.88. The lowest BCUT2D eigenvalue weighted by atomic mass is 10.1. The van der Waals surface area contributed by atoms with Crippen molar-refractivity contribution in [2.75, 3.05) is 30.7 Å². The summed E-state index contributed by atoms with van der Waals surface area (Å²) >= 11 is 1.32. The van der Waals surface area contributed by atoms with E-state index in [9.17, 15) is 4.79 Å². The minimum Gasteiger partial charge on any atom is -0.382 e. The summed E-state index contributed by atoms with van der Waals surface area (Å²) in [6, 6.07) is 0.114. The van der Waals surface area contributed by atoms with Gasteiger partial charge in [-0.15, -0.1) is 0 Å². The van der Waals surface area contributed by atoms with Crippen molar-refractivity contribution in [1.82, 2.24) is 9.88 Å². The number of carbonyl (C=O) groups is 1. The number of nitrogen functional groups attached to an aromatic ring is 1. The van der Waals surface area contributed by atoms with Gasteiger partial charge in [-0.1, -0.05) is 18.3 Å². The highest BCUT2D eigenvalue weighted by atomic mass is 32.1. The smallest absolute Gasteiger partial charge is 0.268 e. The third-order valence-electron chi connectivity index (χ3n) is 3.38. The molecule has 3 N–H and O–H groups in total. The summed E-state index contributed by atoms with van der Waals surface area (Å²) in [6.45, 7) is 7.96. The van der Waals surface area contributed by atoms with Crippen molar-refractivity contribution in [1.29, 1.82) is 0 Å². The number of anilines is 2. The van der Waals surface area contributed by atoms with E-state index in [2.05, 4.69) is 17.2 Å². The van der Waals surface area contributed by atoms with Gasteiger partial charge >= 0.3 is 0 Å². The van der Waals surface area contributed by atoms with Crippen LogP contribution >= 0.6 is 11.3 Å². The third-order valence-corrected chi connectivity index (χ3v) is 4.39. The molecule has 2 heterocycles. The van der Waals surface area contributed by atoms with Crippen molar-refractivity contribution < 1.29 is 9.53 Å². The molecule has 6 nitrogen and oxygen atoms in total. The van der Waals surface area contributed by atoms with Gasteiger partial charge in [-0.25, -0.2) is 4.98 Å². The minimum absolute atomic E-state index is 0.0360. The predicted octanol–water partition coefficient (Wildman–Crippen LogP) is 1.80. The molecule has 2 unspecified atom stereocenters. The van der Waals surface area contributed by atoms with Crippen molar-refractivity contribution in [3.05, 3.63) is 4.88 Å². The van der Waals surface area contributed by atoms with Crippen LogP contribution in [0.3, 0.4) is 0 Å². The number of amides is 1. The summed E-state index contributed by atoms with van der Waals surface area (Å²) in [7, 11) is 0. The molecule has 0 spiro atoms. The average Bonchev–Trinajstić information content (AvgIpc) is 2.79. The van der Waals surface area contributed by atoms with Crippen molar-refractivity contribution >= 4 is 28.2 Å². The summed E-state index contributed by atoms with van der Waals surface area (Å²) in [6.07, 6.45) is 0.932. The summed E-state index contributed by atoms with van der Waals surface area (Å²) < 4.78 is 5.62. The largest absolute Gasteiger partial charge is 0.382 e. The second-order valence-corrected chi connectivity index (χ2v) is 5.93. The van der Waals surface area contributed by atoms with Gasteiger partial charge < -0.3 is 20.7 Å². The number of thiazole rings is 1. The molecule has 1 aromatic rings. The molecule has 1 aromatic heterocycles. The Bertz CT molecular complexity index is 477. The first-order valence-electron chi connectivity index (χ1n) is 6.99. The molecule has 0 aliphatic carbocycles. The number of nitrogens with one attached hydrogen (secondary N) is 1. The maximum atomic E-state index is 12.7. The molecular formula is C13H22N4O2S. The van der Waals surface area contributed by atoms with Gasteiger partial charge in [0.2, 0.25) is 0 Å². The zero-order valence-corrected chi connectivity index (χ0v) is 13.0. The standard InChI is InChI=1S/C13H22N4O2S/c1-4-9-7-19-8(3)6-17(9)12(18)10-11(14)16-13(20-10)15-5-2/h8-9H,4-7,14H2,1-3H3,(H,15,16). The van der Waals surface area contributed by atoms with Crippen LogP contribution in [-0.4, -0.2) is 47.6 Å². The van der Waals surface area contributed by atoms with Gasteiger partial charge in [0, 0.05) is 13.1 Å². The fraction of sp³-hybridized carbons (Fsp3) is 0.692. The van der Waals surface area contributed by atoms with Gasteiger partial charge in [-0.05, 0) is 20.3 Å². The normalized spacial score (nSPS) is 22.9. The van der Waals surface area contributed by atoms with Gasteiger partial charge in [0.1, 0.15) is 10.7 Å². The lowest BCUT2D eigenvalue weighted by Crippen LogP contribution is -2.51. The quantitative estimate of drug-likeness (QED) is 0.886. The SMILES string of the molecule is CCNc1nc(N)c(C(=O)N2CC(C)OCC2CC)s1. The molecule has 20 heavy (non-hydrogen) atoms. The Hall–Kier alpha value is -1.34. The molecule has 1 saturated heterocycles. The van der Waals surface area contributed by atoms with Gasteiger partial charge in [-0.3, -0.25) is 4.79 Å². The van der Waals surface area contributed by atoms with E-state index in [4.69, 9.17) is 10.5 Å². The van der Waals surface area contributed by atoms with Crippen LogP contribution in [0, 0.1) is 0 Å². The highest BCUT2D eigenvalue weighted by Crippen LogP contribution is 2.28. The number of hydrogen-bond donors (Lipinski definition) is 2. The summed E-state index contributed by atoms with van der Waals surface area (Å²) in [5.74, 6) is 0.274. The number of morpholine rings is 1. The Morgan fingerprint density at radius 1 is 1.60 bits per heavy atom. The zero-order chi connectivity index (χ0) is 14.7. The first-order chi connectivity index (χ1) is 9.56. The molecule has 1 aliphatic heterocycles. The zero-order valence-electron chi connectivity index (χ0n) is 12.2. The number of ether oxygens (including phenoxy) is 1. The van der Waals surface area contributed by atoms with Gasteiger partial charge in [0.15, 0.2) is 5.13 Å². The lowest BCUT2D eigenvalue weighted by molar-refractivity contribution is -0.0442. The van der Waals surface area contributed by atoms with Gasteiger partial charge in [-0.2, -0.15) is 0 Å². The highest BCUT2D eigenvalue weighted by molar-refractivity contribution is 7.18. The molecular weight excluding hydrogens is 276 g/mol. The number of hydrogen-bond acceptors (Lipinski definition) is 6. The van der Waals surface area contributed by atoms with Crippen LogP contribution in [0.15, 0.2) is 0 Å². The highest BCUT2D eigenvalue weighted by Gasteiger charge is 2.32. The predicted molar refractivity (Wildman–Crippen MR) is 81.2 cm³/mol. The molecule has 0 radical (unpaired) electrons. The molecule has 0 saturated carbocycles. The van der Waals surface area contributed by atoms with Gasteiger partial charge in [0.25, 0.3) is 5.91 Å². The van der Waals surface area contributed by atoms with E-state index < -0.39 is 0 Å². The Labute approximate surface area is 123 Å². The van der Waals surface area contributed by atoms with Crippen LogP contribution in [0.5, 0.6) is 0 Å². The minimum atomic E-state index is -0.0360. The van der Waals surface area contributed by atoms with Crippen molar-refractivity contribution in [2.24, 2.45) is 0 Å². The lowest BCUT2D eigenvalue weighted by Gasteiger charge is -2.38. The van der Waals surface area contributed by atoms with Crippen LogP contribution in [0.4, 0.5) is 10.9 Å². The molecule has 2 rings (SSSR count). The van der Waals surface area contributed by atoms with Gasteiger partial charge in [0.05, 0.1) is 18.8 Å². The van der Waals surface area contributed by atoms with E-state index in [1.54, 1.807) is 0 Å². The number of nitrogens with two attached hydrogens (primary N) is 1. The average molecular weight is 298 g/mol. The number of aromatic nitrogens is 1. The Kier molecular flexibility index (Phi) is 4.82. The number of nitrogens with zero attached hydrogens (tertiary/aromatic N) is 2. The first-order valence-corrected chi connectivity index (χ1v) is 7.81. The van der Waals surface area contributed by atoms with Crippen LogP contribution in [0.1, 0.15) is 36.9 Å². The van der Waals surface area contributed by atoms with Crippen molar-refractivity contribution in [3.8, 4) is 0 Å². The molecule has 7 heteroatoms. The molecule has 2 atom stereocenters. The second-order valence-electron chi connectivity index (χ2n) is 4.93. The molecule has 112 valence electrons. The maximum Gasteiger partial charge on any atom is 0.268 e. The molecule has 1 amide bonds. The van der Waals surface area contributed by atoms with Crippen LogP contribution in [0.2, 0.25) is 0 Å². The van der Waals surface area contributed by atoms with Crippen LogP contribution in [0.25, 0.3) is 0 Å². The van der Waals surface area contributed by atoms with Crippen molar-refractivity contribution in [3.63, 3.8) is 0 Å². The van der Waals surface area contributed by atoms with Crippen molar-refractivity contribution in [2.45, 2.75) is 39.3 Å². The third kappa shape index (κ3) is 3.04. The molecule has 1 fully saturated rings. The fourth-order valence-electron chi connectivity index (χ4n) is 2.27. The van der Waals surface area contributed by atoms with E-state index >= 15 is 0 Å². The molecule has 0 bridgehead atoms. The number of rotatable bonds is 4. The van der Waals surface area contributed by atoms with Crippen LogP contribution in [-0.2, 0) is 4.74 Å². The summed E-state index contributed by atoms with van der Waals surface area (Å²) in [5, 5.41) is 3.79. The maximum absolute atomic E-state index is 12.7. The number of carbonyl (C=O) groups excluding carboxylic acids is 1. The van der Waals surface area contributed by atoms with E-state index in [0.717, 1.165) is 13.0 Å². The molecule has 1 aliphatic rings. The first kappa shape index (κ1) is 15.1. The topological polar surface area (TPSA) is 80.5 Å².